The maximum atomic E-state index is 6.17. The number of hydrogen-bond acceptors (Lipinski definition) is 3. The van der Waals surface area contributed by atoms with Crippen LogP contribution in [0.3, 0.4) is 0 Å². The fourth-order valence-electron chi connectivity index (χ4n) is 2.06. The average Bonchev–Trinajstić information content (AvgIpc) is 2.53. The molecule has 0 aromatic heterocycles. The van der Waals surface area contributed by atoms with Crippen molar-refractivity contribution in [2.45, 2.75) is 19.4 Å². The highest BCUT2D eigenvalue weighted by molar-refractivity contribution is 6.33. The molecule has 0 amide bonds. The monoisotopic (exact) mass is 304 g/mol. The largest absolute Gasteiger partial charge is 0.494 e. The van der Waals surface area contributed by atoms with Crippen molar-refractivity contribution in [3.63, 3.8) is 0 Å². The van der Waals surface area contributed by atoms with Crippen molar-refractivity contribution in [3.8, 4) is 5.75 Å². The molecule has 2 rings (SSSR count). The van der Waals surface area contributed by atoms with E-state index in [0.717, 1.165) is 30.0 Å². The second-order valence-corrected chi connectivity index (χ2v) is 5.24. The third kappa shape index (κ3) is 4.38. The smallest absolute Gasteiger partial charge is 0.119 e. The van der Waals surface area contributed by atoms with Crippen molar-refractivity contribution in [1.29, 1.82) is 0 Å². The normalized spacial score (nSPS) is 12.0. The van der Waals surface area contributed by atoms with Gasteiger partial charge in [-0.2, -0.15) is 0 Å². The first-order valence-corrected chi connectivity index (χ1v) is 7.56. The van der Waals surface area contributed by atoms with Crippen molar-refractivity contribution in [1.82, 2.24) is 0 Å². The molecule has 0 aliphatic heterocycles. The summed E-state index contributed by atoms with van der Waals surface area (Å²) in [7, 11) is 0. The number of hydrogen-bond donors (Lipinski definition) is 2. The molecule has 0 saturated heterocycles. The Labute approximate surface area is 131 Å². The Morgan fingerprint density at radius 3 is 2.48 bits per heavy atom. The molecule has 1 atom stereocenters. The zero-order valence-corrected chi connectivity index (χ0v) is 12.9. The number of para-hydroxylation sites is 1. The molecule has 0 bridgehead atoms. The van der Waals surface area contributed by atoms with Crippen LogP contribution in [0.5, 0.6) is 5.75 Å². The predicted octanol–water partition coefficient (Wildman–Crippen LogP) is 4.24. The van der Waals surface area contributed by atoms with Crippen LogP contribution in [0.1, 0.15) is 24.9 Å². The predicted molar refractivity (Wildman–Crippen MR) is 89.1 cm³/mol. The van der Waals surface area contributed by atoms with E-state index in [9.17, 15) is 0 Å². The third-order valence-corrected chi connectivity index (χ3v) is 3.52. The molecule has 0 fully saturated rings. The number of nitrogens with two attached hydrogens (primary N) is 1. The van der Waals surface area contributed by atoms with Crippen LogP contribution in [0.2, 0.25) is 5.02 Å². The zero-order valence-electron chi connectivity index (χ0n) is 12.2. The lowest BCUT2D eigenvalue weighted by molar-refractivity contribution is 0.317. The van der Waals surface area contributed by atoms with Gasteiger partial charge in [-0.1, -0.05) is 42.8 Å². The molecular formula is C17H21ClN2O. The number of anilines is 1. The number of rotatable bonds is 7. The minimum atomic E-state index is 0.0186. The molecule has 0 spiro atoms. The van der Waals surface area contributed by atoms with E-state index in [4.69, 9.17) is 22.1 Å². The van der Waals surface area contributed by atoms with Crippen LogP contribution < -0.4 is 15.8 Å². The van der Waals surface area contributed by atoms with Gasteiger partial charge in [-0.3, -0.25) is 0 Å². The lowest BCUT2D eigenvalue weighted by atomic mass is 10.1. The first-order chi connectivity index (χ1) is 10.2. The Hall–Kier alpha value is -1.71. The van der Waals surface area contributed by atoms with Gasteiger partial charge in [-0.25, -0.2) is 0 Å². The standard InChI is InChI=1S/C17H21ClN2O/c1-2-11-21-14-9-7-13(8-10-14)17(12-19)20-16-6-4-3-5-15(16)18/h3-10,17,20H,2,11-12,19H2,1H3. The van der Waals surface area contributed by atoms with Crippen LogP contribution in [-0.2, 0) is 0 Å². The van der Waals surface area contributed by atoms with Crippen molar-refractivity contribution >= 4 is 17.3 Å². The van der Waals surface area contributed by atoms with Gasteiger partial charge in [0.1, 0.15) is 5.75 Å². The maximum Gasteiger partial charge on any atom is 0.119 e. The molecular weight excluding hydrogens is 284 g/mol. The van der Waals surface area contributed by atoms with Gasteiger partial charge in [-0.15, -0.1) is 0 Å². The highest BCUT2D eigenvalue weighted by atomic mass is 35.5. The van der Waals surface area contributed by atoms with Crippen molar-refractivity contribution in [2.24, 2.45) is 5.73 Å². The molecule has 2 aromatic rings. The van der Waals surface area contributed by atoms with Crippen LogP contribution in [0.25, 0.3) is 0 Å². The summed E-state index contributed by atoms with van der Waals surface area (Å²) in [5.74, 6) is 0.883. The highest BCUT2D eigenvalue weighted by Gasteiger charge is 2.11. The number of benzene rings is 2. The fraction of sp³-hybridized carbons (Fsp3) is 0.294. The second-order valence-electron chi connectivity index (χ2n) is 4.83. The van der Waals surface area contributed by atoms with E-state index in [-0.39, 0.29) is 6.04 Å². The highest BCUT2D eigenvalue weighted by Crippen LogP contribution is 2.26. The Morgan fingerprint density at radius 1 is 1.14 bits per heavy atom. The summed E-state index contributed by atoms with van der Waals surface area (Å²) in [6.45, 7) is 3.31. The first kappa shape index (κ1) is 15.7. The first-order valence-electron chi connectivity index (χ1n) is 7.18. The van der Waals surface area contributed by atoms with Crippen LogP contribution in [0.15, 0.2) is 48.5 Å². The van der Waals surface area contributed by atoms with E-state index in [1.54, 1.807) is 0 Å². The summed E-state index contributed by atoms with van der Waals surface area (Å²) in [4.78, 5) is 0. The maximum absolute atomic E-state index is 6.17. The molecule has 0 radical (unpaired) electrons. The quantitative estimate of drug-likeness (QED) is 0.804. The second kappa shape index (κ2) is 7.91. The topological polar surface area (TPSA) is 47.3 Å². The Morgan fingerprint density at radius 2 is 1.86 bits per heavy atom. The molecule has 1 unspecified atom stereocenters. The van der Waals surface area contributed by atoms with Gasteiger partial charge >= 0.3 is 0 Å². The average molecular weight is 305 g/mol. The lowest BCUT2D eigenvalue weighted by Crippen LogP contribution is -2.20. The number of nitrogens with one attached hydrogen (secondary N) is 1. The van der Waals surface area contributed by atoms with Gasteiger partial charge in [0, 0.05) is 6.54 Å². The van der Waals surface area contributed by atoms with Gasteiger partial charge in [0.25, 0.3) is 0 Å². The van der Waals surface area contributed by atoms with Gasteiger partial charge in [-0.05, 0) is 36.2 Å². The molecule has 0 aliphatic carbocycles. The van der Waals surface area contributed by atoms with Crippen molar-refractivity contribution < 1.29 is 4.74 Å². The zero-order chi connectivity index (χ0) is 15.1. The third-order valence-electron chi connectivity index (χ3n) is 3.19. The van der Waals surface area contributed by atoms with Gasteiger partial charge in [0.2, 0.25) is 0 Å². The van der Waals surface area contributed by atoms with E-state index in [0.29, 0.717) is 11.6 Å². The van der Waals surface area contributed by atoms with Crippen LogP contribution in [0.4, 0.5) is 5.69 Å². The molecule has 0 heterocycles. The summed E-state index contributed by atoms with van der Waals surface area (Å²) < 4.78 is 5.59. The van der Waals surface area contributed by atoms with E-state index in [1.807, 2.05) is 48.5 Å². The van der Waals surface area contributed by atoms with E-state index in [2.05, 4.69) is 12.2 Å². The Balaban J connectivity index is 2.08. The van der Waals surface area contributed by atoms with Crippen LogP contribution in [-0.4, -0.2) is 13.2 Å². The molecule has 21 heavy (non-hydrogen) atoms. The molecule has 112 valence electrons. The summed E-state index contributed by atoms with van der Waals surface area (Å²) in [5, 5.41) is 4.07. The molecule has 0 aliphatic rings. The molecule has 4 heteroatoms. The number of ether oxygens (including phenoxy) is 1. The Bertz CT molecular complexity index is 557. The van der Waals surface area contributed by atoms with Gasteiger partial charge in [0.05, 0.1) is 23.4 Å². The van der Waals surface area contributed by atoms with E-state index >= 15 is 0 Å². The Kier molecular flexibility index (Phi) is 5.90. The molecule has 2 aromatic carbocycles. The minimum absolute atomic E-state index is 0.0186. The number of halogens is 1. The van der Waals surface area contributed by atoms with Crippen molar-refractivity contribution in [3.05, 3.63) is 59.1 Å². The lowest BCUT2D eigenvalue weighted by Gasteiger charge is -2.19. The molecule has 3 N–H and O–H groups in total. The van der Waals surface area contributed by atoms with Crippen molar-refractivity contribution in [2.75, 3.05) is 18.5 Å². The summed E-state index contributed by atoms with van der Waals surface area (Å²) in [5.41, 5.74) is 7.89. The van der Waals surface area contributed by atoms with Gasteiger partial charge in [0.15, 0.2) is 0 Å². The molecule has 0 saturated carbocycles. The van der Waals surface area contributed by atoms with E-state index < -0.39 is 0 Å². The fourth-order valence-corrected chi connectivity index (χ4v) is 2.25. The van der Waals surface area contributed by atoms with Crippen LogP contribution >= 0.6 is 11.6 Å². The minimum Gasteiger partial charge on any atom is -0.494 e. The molecule has 3 nitrogen and oxygen atoms in total. The summed E-state index contributed by atoms with van der Waals surface area (Å²) in [6.07, 6.45) is 1.00. The van der Waals surface area contributed by atoms with Gasteiger partial charge < -0.3 is 15.8 Å². The summed E-state index contributed by atoms with van der Waals surface area (Å²) >= 11 is 6.17. The van der Waals surface area contributed by atoms with E-state index in [1.165, 1.54) is 0 Å². The SMILES string of the molecule is CCCOc1ccc(C(CN)Nc2ccccc2Cl)cc1. The summed E-state index contributed by atoms with van der Waals surface area (Å²) in [6, 6.07) is 15.7. The van der Waals surface area contributed by atoms with Crippen LogP contribution in [0, 0.1) is 0 Å².